The largest absolute Gasteiger partial charge is 0.416 e. The zero-order valence-electron chi connectivity index (χ0n) is 11.9. The van der Waals surface area contributed by atoms with Gasteiger partial charge in [-0.2, -0.15) is 13.2 Å². The van der Waals surface area contributed by atoms with Crippen molar-refractivity contribution in [3.05, 3.63) is 53.7 Å². The fourth-order valence-corrected chi connectivity index (χ4v) is 1.74. The maximum Gasteiger partial charge on any atom is 0.416 e. The van der Waals surface area contributed by atoms with Gasteiger partial charge in [-0.3, -0.25) is 9.59 Å². The fraction of sp³-hybridized carbons (Fsp3) is 0.133. The first-order valence-electron chi connectivity index (χ1n) is 6.48. The third-order valence-corrected chi connectivity index (χ3v) is 2.90. The molecule has 0 saturated heterocycles. The lowest BCUT2D eigenvalue weighted by atomic mass is 10.2. The van der Waals surface area contributed by atoms with E-state index in [9.17, 15) is 22.8 Å². The van der Waals surface area contributed by atoms with Gasteiger partial charge in [-0.15, -0.1) is 0 Å². The molecule has 0 aliphatic carbocycles. The molecular weight excluding hydrogens is 311 g/mol. The molecule has 1 heterocycles. The molecule has 2 aromatic rings. The molecule has 0 fully saturated rings. The van der Waals surface area contributed by atoms with Gasteiger partial charge in [0.25, 0.3) is 0 Å². The van der Waals surface area contributed by atoms with Crippen molar-refractivity contribution in [2.75, 3.05) is 10.6 Å². The van der Waals surface area contributed by atoms with Gasteiger partial charge >= 0.3 is 18.0 Å². The second-order valence-corrected chi connectivity index (χ2v) is 4.66. The number of pyridine rings is 1. The van der Waals surface area contributed by atoms with Crippen LogP contribution in [0.15, 0.2) is 42.6 Å². The summed E-state index contributed by atoms with van der Waals surface area (Å²) in [5.41, 5.74) is -0.401. The number of benzene rings is 1. The van der Waals surface area contributed by atoms with Crippen LogP contribution in [0.5, 0.6) is 0 Å². The SMILES string of the molecule is Cc1cccnc1NC(=O)C(=O)Nc1cccc(C(F)(F)F)c1. The van der Waals surface area contributed by atoms with Crippen molar-refractivity contribution in [2.24, 2.45) is 0 Å². The number of nitrogens with one attached hydrogen (secondary N) is 2. The summed E-state index contributed by atoms with van der Waals surface area (Å²) in [6, 6.07) is 7.36. The zero-order valence-corrected chi connectivity index (χ0v) is 11.9. The van der Waals surface area contributed by atoms with Crippen molar-refractivity contribution in [2.45, 2.75) is 13.1 Å². The van der Waals surface area contributed by atoms with Gasteiger partial charge in [-0.1, -0.05) is 12.1 Å². The van der Waals surface area contributed by atoms with E-state index in [2.05, 4.69) is 15.6 Å². The van der Waals surface area contributed by atoms with E-state index in [1.807, 2.05) is 0 Å². The van der Waals surface area contributed by atoms with Crippen molar-refractivity contribution in [3.8, 4) is 0 Å². The van der Waals surface area contributed by atoms with Crippen LogP contribution in [-0.2, 0) is 15.8 Å². The molecule has 2 N–H and O–H groups in total. The average molecular weight is 323 g/mol. The van der Waals surface area contributed by atoms with Crippen LogP contribution in [0, 0.1) is 6.92 Å². The monoisotopic (exact) mass is 323 g/mol. The Morgan fingerprint density at radius 2 is 1.74 bits per heavy atom. The Bertz CT molecular complexity index is 745. The lowest BCUT2D eigenvalue weighted by Crippen LogP contribution is -2.29. The minimum absolute atomic E-state index is 0.127. The van der Waals surface area contributed by atoms with Gasteiger partial charge in [-0.25, -0.2) is 4.98 Å². The summed E-state index contributed by atoms with van der Waals surface area (Å²) < 4.78 is 37.8. The highest BCUT2D eigenvalue weighted by Crippen LogP contribution is 2.30. The van der Waals surface area contributed by atoms with E-state index in [0.717, 1.165) is 18.2 Å². The molecule has 0 aliphatic rings. The maximum atomic E-state index is 12.6. The van der Waals surface area contributed by atoms with Gasteiger partial charge in [0, 0.05) is 11.9 Å². The summed E-state index contributed by atoms with van der Waals surface area (Å²) in [7, 11) is 0. The summed E-state index contributed by atoms with van der Waals surface area (Å²) >= 11 is 0. The molecule has 0 bridgehead atoms. The van der Waals surface area contributed by atoms with Gasteiger partial charge < -0.3 is 10.6 Å². The minimum atomic E-state index is -4.53. The van der Waals surface area contributed by atoms with E-state index in [4.69, 9.17) is 0 Å². The Hall–Kier alpha value is -2.90. The Labute approximate surface area is 129 Å². The van der Waals surface area contributed by atoms with Crippen LogP contribution in [0.1, 0.15) is 11.1 Å². The van der Waals surface area contributed by atoms with E-state index in [1.54, 1.807) is 19.1 Å². The number of hydrogen-bond acceptors (Lipinski definition) is 3. The number of rotatable bonds is 2. The van der Waals surface area contributed by atoms with E-state index in [-0.39, 0.29) is 11.5 Å². The van der Waals surface area contributed by atoms with Gasteiger partial charge in [0.15, 0.2) is 0 Å². The lowest BCUT2D eigenvalue weighted by molar-refractivity contribution is -0.137. The van der Waals surface area contributed by atoms with Crippen LogP contribution < -0.4 is 10.6 Å². The molecule has 2 rings (SSSR count). The predicted octanol–water partition coefficient (Wildman–Crippen LogP) is 2.99. The van der Waals surface area contributed by atoms with Crippen molar-refractivity contribution < 1.29 is 22.8 Å². The first kappa shape index (κ1) is 16.5. The van der Waals surface area contributed by atoms with E-state index in [1.165, 1.54) is 12.3 Å². The minimum Gasteiger partial charge on any atom is -0.318 e. The van der Waals surface area contributed by atoms with Crippen LogP contribution in [-0.4, -0.2) is 16.8 Å². The van der Waals surface area contributed by atoms with Crippen LogP contribution in [0.25, 0.3) is 0 Å². The third-order valence-electron chi connectivity index (χ3n) is 2.90. The topological polar surface area (TPSA) is 71.1 Å². The van der Waals surface area contributed by atoms with Crippen LogP contribution in [0.4, 0.5) is 24.7 Å². The average Bonchev–Trinajstić information content (AvgIpc) is 2.49. The quantitative estimate of drug-likeness (QED) is 0.835. The highest BCUT2D eigenvalue weighted by Gasteiger charge is 2.30. The number of hydrogen-bond donors (Lipinski definition) is 2. The Morgan fingerprint density at radius 1 is 1.04 bits per heavy atom. The molecule has 1 aromatic heterocycles. The molecule has 0 aliphatic heterocycles. The summed E-state index contributed by atoms with van der Waals surface area (Å²) in [6.45, 7) is 1.69. The molecule has 2 amide bonds. The van der Waals surface area contributed by atoms with Gasteiger partial charge in [0.2, 0.25) is 0 Å². The number of nitrogens with zero attached hydrogens (tertiary/aromatic N) is 1. The van der Waals surface area contributed by atoms with Gasteiger partial charge in [0.1, 0.15) is 5.82 Å². The Morgan fingerprint density at radius 3 is 2.39 bits per heavy atom. The number of amides is 2. The van der Waals surface area contributed by atoms with E-state index >= 15 is 0 Å². The fourth-order valence-electron chi connectivity index (χ4n) is 1.74. The molecule has 23 heavy (non-hydrogen) atoms. The predicted molar refractivity (Wildman–Crippen MR) is 77.7 cm³/mol. The summed E-state index contributed by atoms with van der Waals surface area (Å²) in [4.78, 5) is 27.4. The second kappa shape index (κ2) is 6.47. The zero-order chi connectivity index (χ0) is 17.0. The molecule has 1 aromatic carbocycles. The standard InChI is InChI=1S/C15H12F3N3O2/c1-9-4-3-7-19-12(9)21-14(23)13(22)20-11-6-2-5-10(8-11)15(16,17)18/h2-8H,1H3,(H,20,22)(H,19,21,23). The lowest BCUT2D eigenvalue weighted by Gasteiger charge is -2.10. The molecule has 0 radical (unpaired) electrons. The molecular formula is C15H12F3N3O2. The Kier molecular flexibility index (Phi) is 4.63. The number of carbonyl (C=O) groups excluding carboxylic acids is 2. The number of aryl methyl sites for hydroxylation is 1. The first-order chi connectivity index (χ1) is 10.8. The van der Waals surface area contributed by atoms with Crippen LogP contribution in [0.3, 0.4) is 0 Å². The smallest absolute Gasteiger partial charge is 0.318 e. The molecule has 5 nitrogen and oxygen atoms in total. The van der Waals surface area contributed by atoms with Gasteiger partial charge in [-0.05, 0) is 36.8 Å². The second-order valence-electron chi connectivity index (χ2n) is 4.66. The number of halogens is 3. The molecule has 0 saturated carbocycles. The van der Waals surface area contributed by atoms with Gasteiger partial charge in [0.05, 0.1) is 5.56 Å². The Balaban J connectivity index is 2.07. The van der Waals surface area contributed by atoms with Crippen molar-refractivity contribution >= 4 is 23.3 Å². The number of anilines is 2. The number of carbonyl (C=O) groups is 2. The molecule has 0 unspecified atom stereocenters. The van der Waals surface area contributed by atoms with E-state index < -0.39 is 23.6 Å². The highest BCUT2D eigenvalue weighted by atomic mass is 19.4. The van der Waals surface area contributed by atoms with Crippen molar-refractivity contribution in [1.29, 1.82) is 0 Å². The molecule has 120 valence electrons. The van der Waals surface area contributed by atoms with Crippen LogP contribution >= 0.6 is 0 Å². The highest BCUT2D eigenvalue weighted by molar-refractivity contribution is 6.43. The molecule has 0 spiro atoms. The van der Waals surface area contributed by atoms with E-state index in [0.29, 0.717) is 5.56 Å². The normalized spacial score (nSPS) is 11.0. The first-order valence-corrected chi connectivity index (χ1v) is 6.48. The van der Waals surface area contributed by atoms with Crippen LogP contribution in [0.2, 0.25) is 0 Å². The van der Waals surface area contributed by atoms with Crippen molar-refractivity contribution in [3.63, 3.8) is 0 Å². The third kappa shape index (κ3) is 4.29. The number of alkyl halides is 3. The molecule has 0 atom stereocenters. The molecule has 8 heteroatoms. The maximum absolute atomic E-state index is 12.6. The van der Waals surface area contributed by atoms with Crippen molar-refractivity contribution in [1.82, 2.24) is 4.98 Å². The summed E-state index contributed by atoms with van der Waals surface area (Å²) in [6.07, 6.45) is -3.10. The number of aromatic nitrogens is 1. The summed E-state index contributed by atoms with van der Waals surface area (Å²) in [5.74, 6) is -1.91. The summed E-state index contributed by atoms with van der Waals surface area (Å²) in [5, 5.41) is 4.41.